The van der Waals surface area contributed by atoms with E-state index in [-0.39, 0.29) is 37.4 Å². The van der Waals surface area contributed by atoms with Gasteiger partial charge in [-0.15, -0.1) is 11.8 Å². The van der Waals surface area contributed by atoms with E-state index in [0.29, 0.717) is 17.3 Å². The topological polar surface area (TPSA) is 76.2 Å². The Bertz CT molecular complexity index is 792. The van der Waals surface area contributed by atoms with Crippen LogP contribution < -0.4 is 29.6 Å². The van der Waals surface area contributed by atoms with Crippen molar-refractivity contribution in [3.8, 4) is 22.8 Å². The summed E-state index contributed by atoms with van der Waals surface area (Å²) in [5.41, 5.74) is 1.99. The van der Waals surface area contributed by atoms with E-state index in [2.05, 4.69) is 9.97 Å². The van der Waals surface area contributed by atoms with Crippen molar-refractivity contribution in [1.82, 2.24) is 9.97 Å². The Morgan fingerprint density at radius 2 is 2.22 bits per heavy atom. The first-order chi connectivity index (χ1) is 10.7. The molecular weight excluding hydrogens is 343 g/mol. The molecule has 0 atom stereocenters. The van der Waals surface area contributed by atoms with E-state index in [1.165, 1.54) is 11.3 Å². The monoisotopic (exact) mass is 356 g/mol. The summed E-state index contributed by atoms with van der Waals surface area (Å²) >= 11 is 3.07. The first-order valence-electron chi connectivity index (χ1n) is 6.42. The molecule has 0 aliphatic carbocycles. The van der Waals surface area contributed by atoms with Gasteiger partial charge < -0.3 is 11.0 Å². The molecule has 0 fully saturated rings. The molecule has 0 spiro atoms. The molecule has 114 valence electrons. The number of aromatic nitrogens is 2. The van der Waals surface area contributed by atoms with E-state index in [0.717, 1.165) is 16.2 Å². The second-order valence-electron chi connectivity index (χ2n) is 4.47. The molecule has 3 aromatic heterocycles. The van der Waals surface area contributed by atoms with Gasteiger partial charge in [-0.25, -0.2) is 9.97 Å². The summed E-state index contributed by atoms with van der Waals surface area (Å²) in [6, 6.07) is 5.63. The Hall–Kier alpha value is -1.12. The van der Waals surface area contributed by atoms with Crippen LogP contribution in [0.4, 0.5) is 0 Å². The van der Waals surface area contributed by atoms with Crippen LogP contribution in [0.3, 0.4) is 0 Å². The van der Waals surface area contributed by atoms with Gasteiger partial charge in [0.15, 0.2) is 5.76 Å². The van der Waals surface area contributed by atoms with Gasteiger partial charge in [0.05, 0.1) is 22.7 Å². The molecule has 0 amide bonds. The van der Waals surface area contributed by atoms with Gasteiger partial charge in [-0.1, -0.05) is 0 Å². The van der Waals surface area contributed by atoms with Crippen molar-refractivity contribution in [3.05, 3.63) is 40.8 Å². The standard InChI is InChI=1S/C15H12N2O3S2.Na.H/c1-21-12-3-2-9(7-16-12)15-17-11(6-13(18)19)14(20-15)10-4-5-22-8-10;;/h2-5,7-8H,6H2,1H3,(H,18,19);;/q;+1;-1. The number of hydrogen-bond donors (Lipinski definition) is 1. The molecule has 3 rings (SSSR count). The van der Waals surface area contributed by atoms with Gasteiger partial charge in [0.2, 0.25) is 5.89 Å². The fraction of sp³-hybridized carbons (Fsp3) is 0.133. The van der Waals surface area contributed by atoms with Crippen LogP contribution in [0.1, 0.15) is 7.12 Å². The molecule has 0 aliphatic heterocycles. The van der Waals surface area contributed by atoms with Crippen molar-refractivity contribution in [2.45, 2.75) is 11.4 Å². The summed E-state index contributed by atoms with van der Waals surface area (Å²) in [6.07, 6.45) is 3.46. The average Bonchev–Trinajstić information content (AvgIpc) is 3.16. The van der Waals surface area contributed by atoms with E-state index in [9.17, 15) is 4.79 Å². The number of carboxylic acids is 1. The SMILES string of the molecule is CSc1ccc(-c2nc(CC(=O)O)c(-c3ccsc3)o2)cn1.[H-].[Na+]. The zero-order valence-corrected chi connectivity index (χ0v) is 16.3. The van der Waals surface area contributed by atoms with Crippen molar-refractivity contribution in [1.29, 1.82) is 0 Å². The molecule has 23 heavy (non-hydrogen) atoms. The molecular formula is C15H13N2NaO3S2. The third-order valence-corrected chi connectivity index (χ3v) is 4.33. The summed E-state index contributed by atoms with van der Waals surface area (Å²) in [4.78, 5) is 19.7. The maximum Gasteiger partial charge on any atom is 1.00 e. The molecule has 5 nitrogen and oxygen atoms in total. The quantitative estimate of drug-likeness (QED) is 0.541. The van der Waals surface area contributed by atoms with Crippen LogP contribution in [0, 0.1) is 0 Å². The van der Waals surface area contributed by atoms with Gasteiger partial charge >= 0.3 is 35.5 Å². The minimum absolute atomic E-state index is 0. The number of pyridine rings is 1. The first-order valence-corrected chi connectivity index (χ1v) is 8.58. The summed E-state index contributed by atoms with van der Waals surface area (Å²) in [7, 11) is 0. The Balaban J connectivity index is 0.00000144. The van der Waals surface area contributed by atoms with Crippen LogP contribution in [0.15, 0.2) is 44.6 Å². The number of aliphatic carboxylic acids is 1. The van der Waals surface area contributed by atoms with E-state index in [1.54, 1.807) is 18.0 Å². The summed E-state index contributed by atoms with van der Waals surface area (Å²) in [6.45, 7) is 0. The Kier molecular flexibility index (Phi) is 6.43. The maximum atomic E-state index is 11.0. The zero-order chi connectivity index (χ0) is 15.5. The molecule has 3 aromatic rings. The molecule has 0 aliphatic rings. The molecule has 0 unspecified atom stereocenters. The Morgan fingerprint density at radius 3 is 2.78 bits per heavy atom. The number of nitrogens with zero attached hydrogens (tertiary/aromatic N) is 2. The fourth-order valence-corrected chi connectivity index (χ4v) is 2.98. The molecule has 0 radical (unpaired) electrons. The summed E-state index contributed by atoms with van der Waals surface area (Å²) in [5.74, 6) is -0.0441. The number of thiophene rings is 1. The number of oxazole rings is 1. The van der Waals surface area contributed by atoms with Crippen molar-refractivity contribution in [3.63, 3.8) is 0 Å². The second kappa shape index (κ2) is 8.12. The number of carbonyl (C=O) groups is 1. The van der Waals surface area contributed by atoms with Crippen molar-refractivity contribution < 1.29 is 45.3 Å². The molecule has 0 saturated heterocycles. The smallest absolute Gasteiger partial charge is 1.00 e. The number of thioether (sulfide) groups is 1. The van der Waals surface area contributed by atoms with E-state index < -0.39 is 5.97 Å². The Labute approximate surface area is 164 Å². The second-order valence-corrected chi connectivity index (χ2v) is 6.07. The summed E-state index contributed by atoms with van der Waals surface area (Å²) < 4.78 is 5.81. The maximum absolute atomic E-state index is 11.0. The van der Waals surface area contributed by atoms with Crippen LogP contribution in [-0.4, -0.2) is 27.3 Å². The molecule has 0 bridgehead atoms. The molecule has 0 aromatic carbocycles. The predicted molar refractivity (Wildman–Crippen MR) is 87.3 cm³/mol. The van der Waals surface area contributed by atoms with E-state index >= 15 is 0 Å². The third kappa shape index (κ3) is 4.24. The first kappa shape index (κ1) is 18.2. The van der Waals surface area contributed by atoms with Gasteiger partial charge in [-0.2, -0.15) is 11.3 Å². The fourth-order valence-electron chi connectivity index (χ4n) is 1.99. The van der Waals surface area contributed by atoms with Gasteiger partial charge in [0.1, 0.15) is 0 Å². The Morgan fingerprint density at radius 1 is 1.39 bits per heavy atom. The number of hydrogen-bond acceptors (Lipinski definition) is 6. The average molecular weight is 356 g/mol. The minimum Gasteiger partial charge on any atom is -1.00 e. The van der Waals surface area contributed by atoms with Gasteiger partial charge in [-0.3, -0.25) is 4.79 Å². The molecule has 1 N–H and O–H groups in total. The van der Waals surface area contributed by atoms with Crippen LogP contribution in [0.2, 0.25) is 0 Å². The largest absolute Gasteiger partial charge is 1.00 e. The molecule has 3 heterocycles. The minimum atomic E-state index is -0.938. The van der Waals surface area contributed by atoms with Gasteiger partial charge in [0.25, 0.3) is 0 Å². The zero-order valence-electron chi connectivity index (χ0n) is 13.6. The third-order valence-electron chi connectivity index (χ3n) is 2.99. The van der Waals surface area contributed by atoms with E-state index in [1.807, 2.05) is 35.2 Å². The van der Waals surface area contributed by atoms with Crippen LogP contribution in [-0.2, 0) is 11.2 Å². The van der Waals surface area contributed by atoms with Crippen molar-refractivity contribution in [2.24, 2.45) is 0 Å². The van der Waals surface area contributed by atoms with Gasteiger partial charge in [-0.05, 0) is 29.8 Å². The van der Waals surface area contributed by atoms with Crippen molar-refractivity contribution in [2.75, 3.05) is 6.26 Å². The van der Waals surface area contributed by atoms with Crippen LogP contribution in [0.5, 0.6) is 0 Å². The summed E-state index contributed by atoms with van der Waals surface area (Å²) in [5, 5.41) is 13.8. The number of carboxylic acid groups (broad SMARTS) is 1. The van der Waals surface area contributed by atoms with E-state index in [4.69, 9.17) is 9.52 Å². The van der Waals surface area contributed by atoms with Crippen LogP contribution in [0.25, 0.3) is 22.8 Å². The van der Waals surface area contributed by atoms with Gasteiger partial charge in [0, 0.05) is 17.1 Å². The predicted octanol–water partition coefficient (Wildman–Crippen LogP) is 0.931. The van der Waals surface area contributed by atoms with Crippen LogP contribution >= 0.6 is 23.1 Å². The number of rotatable bonds is 5. The normalized spacial score (nSPS) is 10.3. The molecule has 0 saturated carbocycles. The van der Waals surface area contributed by atoms with Crippen molar-refractivity contribution >= 4 is 29.1 Å². The molecule has 8 heteroatoms.